The van der Waals surface area contributed by atoms with Crippen LogP contribution in [0.1, 0.15) is 64.5 Å². The maximum Gasteiger partial charge on any atom is 0.0845 e. The number of hydrogen-bond acceptors (Lipinski definition) is 2. The van der Waals surface area contributed by atoms with Crippen LogP contribution in [0.2, 0.25) is 0 Å². The smallest absolute Gasteiger partial charge is 0.0845 e. The van der Waals surface area contributed by atoms with Gasteiger partial charge in [-0.1, -0.05) is 86.1 Å². The highest BCUT2D eigenvalue weighted by atomic mass is 79.9. The molecule has 0 saturated heterocycles. The van der Waals surface area contributed by atoms with E-state index >= 15 is 0 Å². The third-order valence-corrected chi connectivity index (χ3v) is 6.67. The quantitative estimate of drug-likeness (QED) is 0.355. The van der Waals surface area contributed by atoms with E-state index in [0.717, 1.165) is 48.8 Å². The van der Waals surface area contributed by atoms with Crippen LogP contribution in [-0.4, -0.2) is 17.5 Å². The van der Waals surface area contributed by atoms with Gasteiger partial charge < -0.3 is 0 Å². The van der Waals surface area contributed by atoms with E-state index < -0.39 is 5.41 Å². The minimum absolute atomic E-state index is 0.264. The van der Waals surface area contributed by atoms with Crippen LogP contribution in [0.5, 0.6) is 0 Å². The summed E-state index contributed by atoms with van der Waals surface area (Å²) in [4.78, 5) is 2.61. The Hall–Kier alpha value is -1.63. The highest BCUT2D eigenvalue weighted by Gasteiger charge is 2.36. The summed E-state index contributed by atoms with van der Waals surface area (Å²) >= 11 is 3.52. The standard InChI is InChI=1S/C26H35BrN2/c1-5-18-29(19-22-10-8-7-9-11-22)25(6-2)16-17-26(20-28,21(3)4)23-12-14-24(27)15-13-23/h7-15,21,25H,5-6,16-19H2,1-4H3. The zero-order valence-electron chi connectivity index (χ0n) is 18.4. The van der Waals surface area contributed by atoms with Gasteiger partial charge in [0.05, 0.1) is 11.5 Å². The number of halogens is 1. The van der Waals surface area contributed by atoms with Gasteiger partial charge in [-0.05, 0) is 61.4 Å². The van der Waals surface area contributed by atoms with E-state index in [1.807, 2.05) is 0 Å². The monoisotopic (exact) mass is 454 g/mol. The molecule has 3 heteroatoms. The molecular formula is C26H35BrN2. The first kappa shape index (κ1) is 23.6. The van der Waals surface area contributed by atoms with Crippen molar-refractivity contribution in [2.45, 2.75) is 71.4 Å². The normalized spacial score (nSPS) is 14.6. The summed E-state index contributed by atoms with van der Waals surface area (Å²) in [6.07, 6.45) is 4.16. The van der Waals surface area contributed by atoms with Crippen LogP contribution in [0, 0.1) is 17.2 Å². The Morgan fingerprint density at radius 1 is 1.03 bits per heavy atom. The summed E-state index contributed by atoms with van der Waals surface area (Å²) in [5.74, 6) is 0.264. The molecule has 0 aliphatic rings. The summed E-state index contributed by atoms with van der Waals surface area (Å²) in [6.45, 7) is 11.0. The van der Waals surface area contributed by atoms with Crippen molar-refractivity contribution < 1.29 is 0 Å². The van der Waals surface area contributed by atoms with Gasteiger partial charge in [-0.3, -0.25) is 4.90 Å². The fourth-order valence-electron chi connectivity index (χ4n) is 4.30. The van der Waals surface area contributed by atoms with Crippen molar-refractivity contribution in [2.75, 3.05) is 6.54 Å². The van der Waals surface area contributed by atoms with Gasteiger partial charge in [-0.15, -0.1) is 0 Å². The molecule has 0 N–H and O–H groups in total. The van der Waals surface area contributed by atoms with Gasteiger partial charge in [0.1, 0.15) is 0 Å². The first-order chi connectivity index (χ1) is 14.0. The van der Waals surface area contributed by atoms with Crippen molar-refractivity contribution in [1.29, 1.82) is 5.26 Å². The van der Waals surface area contributed by atoms with Crippen LogP contribution in [0.15, 0.2) is 59.1 Å². The van der Waals surface area contributed by atoms with E-state index in [-0.39, 0.29) is 5.92 Å². The Morgan fingerprint density at radius 3 is 2.21 bits per heavy atom. The van der Waals surface area contributed by atoms with Crippen LogP contribution in [0.25, 0.3) is 0 Å². The van der Waals surface area contributed by atoms with E-state index in [2.05, 4.69) is 109 Å². The molecular weight excluding hydrogens is 420 g/mol. The summed E-state index contributed by atoms with van der Waals surface area (Å²) in [7, 11) is 0. The molecule has 0 bridgehead atoms. The molecule has 2 aromatic carbocycles. The molecule has 0 heterocycles. The molecule has 2 aromatic rings. The van der Waals surface area contributed by atoms with Crippen molar-refractivity contribution in [2.24, 2.45) is 5.92 Å². The maximum atomic E-state index is 10.3. The zero-order chi connectivity index (χ0) is 21.3. The third-order valence-electron chi connectivity index (χ3n) is 6.14. The molecule has 2 atom stereocenters. The molecule has 0 aromatic heterocycles. The van der Waals surface area contributed by atoms with Crippen LogP contribution in [0.4, 0.5) is 0 Å². The predicted molar refractivity (Wildman–Crippen MR) is 127 cm³/mol. The number of nitriles is 1. The number of nitrogens with zero attached hydrogens (tertiary/aromatic N) is 2. The molecule has 2 nitrogen and oxygen atoms in total. The van der Waals surface area contributed by atoms with Gasteiger partial charge in [0.15, 0.2) is 0 Å². The predicted octanol–water partition coefficient (Wildman–Crippen LogP) is 7.34. The van der Waals surface area contributed by atoms with E-state index in [1.165, 1.54) is 5.56 Å². The molecule has 0 fully saturated rings. The zero-order valence-corrected chi connectivity index (χ0v) is 20.0. The van der Waals surface area contributed by atoms with Gasteiger partial charge in [0.2, 0.25) is 0 Å². The fourth-order valence-corrected chi connectivity index (χ4v) is 4.56. The van der Waals surface area contributed by atoms with Gasteiger partial charge in [-0.2, -0.15) is 5.26 Å². The molecule has 29 heavy (non-hydrogen) atoms. The molecule has 0 aliphatic carbocycles. The molecule has 0 amide bonds. The Bertz CT molecular complexity index is 764. The second-order valence-corrected chi connectivity index (χ2v) is 9.22. The van der Waals surface area contributed by atoms with Crippen molar-refractivity contribution >= 4 is 15.9 Å². The first-order valence-corrected chi connectivity index (χ1v) is 11.7. The summed E-state index contributed by atoms with van der Waals surface area (Å²) < 4.78 is 1.06. The van der Waals surface area contributed by atoms with Crippen LogP contribution < -0.4 is 0 Å². The molecule has 2 unspecified atom stereocenters. The average molecular weight is 455 g/mol. The molecule has 0 aliphatic heterocycles. The largest absolute Gasteiger partial charge is 0.296 e. The van der Waals surface area contributed by atoms with Gasteiger partial charge in [-0.25, -0.2) is 0 Å². The molecule has 0 saturated carbocycles. The second kappa shape index (κ2) is 11.5. The minimum Gasteiger partial charge on any atom is -0.296 e. The van der Waals surface area contributed by atoms with Crippen molar-refractivity contribution in [3.05, 3.63) is 70.2 Å². The lowest BCUT2D eigenvalue weighted by atomic mass is 9.69. The first-order valence-electron chi connectivity index (χ1n) is 10.9. The summed E-state index contributed by atoms with van der Waals surface area (Å²) in [5.41, 5.74) is 2.06. The van der Waals surface area contributed by atoms with Crippen LogP contribution in [0.3, 0.4) is 0 Å². The van der Waals surface area contributed by atoms with Crippen LogP contribution >= 0.6 is 15.9 Å². The van der Waals surface area contributed by atoms with Gasteiger partial charge in [0, 0.05) is 17.1 Å². The van der Waals surface area contributed by atoms with Gasteiger partial charge >= 0.3 is 0 Å². The lowest BCUT2D eigenvalue weighted by Crippen LogP contribution is -2.38. The lowest BCUT2D eigenvalue weighted by molar-refractivity contribution is 0.160. The Balaban J connectivity index is 2.21. The molecule has 0 spiro atoms. The third kappa shape index (κ3) is 6.17. The molecule has 156 valence electrons. The van der Waals surface area contributed by atoms with Gasteiger partial charge in [0.25, 0.3) is 0 Å². The minimum atomic E-state index is -0.446. The summed E-state index contributed by atoms with van der Waals surface area (Å²) in [5, 5.41) is 10.3. The lowest BCUT2D eigenvalue weighted by Gasteiger charge is -2.36. The highest BCUT2D eigenvalue weighted by molar-refractivity contribution is 9.10. The average Bonchev–Trinajstić information content (AvgIpc) is 2.73. The van der Waals surface area contributed by atoms with Crippen molar-refractivity contribution in [1.82, 2.24) is 4.90 Å². The van der Waals surface area contributed by atoms with Crippen molar-refractivity contribution in [3.8, 4) is 6.07 Å². The Labute approximate surface area is 186 Å². The molecule has 0 radical (unpaired) electrons. The fraction of sp³-hybridized carbons (Fsp3) is 0.500. The number of rotatable bonds is 11. The van der Waals surface area contributed by atoms with E-state index in [4.69, 9.17) is 0 Å². The second-order valence-electron chi connectivity index (χ2n) is 8.30. The van der Waals surface area contributed by atoms with E-state index in [0.29, 0.717) is 6.04 Å². The van der Waals surface area contributed by atoms with Crippen molar-refractivity contribution in [3.63, 3.8) is 0 Å². The number of hydrogen-bond donors (Lipinski definition) is 0. The molecule has 2 rings (SSSR count). The van der Waals surface area contributed by atoms with Crippen LogP contribution in [-0.2, 0) is 12.0 Å². The maximum absolute atomic E-state index is 10.3. The highest BCUT2D eigenvalue weighted by Crippen LogP contribution is 2.38. The Kier molecular flexibility index (Phi) is 9.40. The summed E-state index contributed by atoms with van der Waals surface area (Å²) in [6, 6.07) is 22.3. The topological polar surface area (TPSA) is 27.0 Å². The SMILES string of the molecule is CCCN(Cc1ccccc1)C(CC)CCC(C#N)(c1ccc(Br)cc1)C(C)C. The van der Waals surface area contributed by atoms with E-state index in [1.54, 1.807) is 0 Å². The van der Waals surface area contributed by atoms with E-state index in [9.17, 15) is 5.26 Å². The Morgan fingerprint density at radius 2 is 1.69 bits per heavy atom. The number of benzene rings is 2.